The Hall–Kier alpha value is -1.66. The fourth-order valence-corrected chi connectivity index (χ4v) is 1.91. The monoisotopic (exact) mass is 237 g/mol. The standard InChI is InChI=1S/C11H15N3O3/c12-8-9-1-2-10(11(7-9)14(15)16)13-3-5-17-6-4-13/h1-2,7H,3-6,8,12H2. The van der Waals surface area contributed by atoms with Gasteiger partial charge in [0.1, 0.15) is 5.69 Å². The lowest BCUT2D eigenvalue weighted by Gasteiger charge is -2.28. The van der Waals surface area contributed by atoms with E-state index >= 15 is 0 Å². The van der Waals surface area contributed by atoms with Gasteiger partial charge in [-0.3, -0.25) is 10.1 Å². The van der Waals surface area contributed by atoms with Crippen molar-refractivity contribution in [1.29, 1.82) is 0 Å². The summed E-state index contributed by atoms with van der Waals surface area (Å²) in [6.07, 6.45) is 0. The molecular weight excluding hydrogens is 222 g/mol. The minimum absolute atomic E-state index is 0.120. The first-order chi connectivity index (χ1) is 8.22. The Bertz CT molecular complexity index is 416. The second-order valence-electron chi connectivity index (χ2n) is 3.88. The van der Waals surface area contributed by atoms with Crippen molar-refractivity contribution in [3.05, 3.63) is 33.9 Å². The highest BCUT2D eigenvalue weighted by atomic mass is 16.6. The van der Waals surface area contributed by atoms with E-state index in [4.69, 9.17) is 10.5 Å². The van der Waals surface area contributed by atoms with Crippen LogP contribution in [0.5, 0.6) is 0 Å². The summed E-state index contributed by atoms with van der Waals surface area (Å²) in [4.78, 5) is 12.7. The van der Waals surface area contributed by atoms with Crippen LogP contribution in [-0.4, -0.2) is 31.2 Å². The summed E-state index contributed by atoms with van der Waals surface area (Å²) in [7, 11) is 0. The maximum absolute atomic E-state index is 11.0. The van der Waals surface area contributed by atoms with Crippen molar-refractivity contribution in [3.63, 3.8) is 0 Å². The van der Waals surface area contributed by atoms with Gasteiger partial charge in [-0.2, -0.15) is 0 Å². The molecule has 1 heterocycles. The number of nitrogens with zero attached hydrogens (tertiary/aromatic N) is 2. The average Bonchev–Trinajstić information content (AvgIpc) is 2.39. The minimum Gasteiger partial charge on any atom is -0.378 e. The van der Waals surface area contributed by atoms with Crippen LogP contribution in [0.1, 0.15) is 5.56 Å². The molecule has 0 atom stereocenters. The van der Waals surface area contributed by atoms with Gasteiger partial charge in [-0.25, -0.2) is 0 Å². The van der Waals surface area contributed by atoms with Crippen LogP contribution in [0.25, 0.3) is 0 Å². The molecule has 1 aliphatic rings. The summed E-state index contributed by atoms with van der Waals surface area (Å²) in [5.74, 6) is 0. The van der Waals surface area contributed by atoms with Crippen LogP contribution in [-0.2, 0) is 11.3 Å². The first-order valence-corrected chi connectivity index (χ1v) is 5.52. The maximum atomic E-state index is 11.0. The number of ether oxygens (including phenoxy) is 1. The number of nitrogens with two attached hydrogens (primary N) is 1. The molecule has 0 amide bonds. The fourth-order valence-electron chi connectivity index (χ4n) is 1.91. The van der Waals surface area contributed by atoms with Crippen LogP contribution in [0.4, 0.5) is 11.4 Å². The van der Waals surface area contributed by atoms with E-state index in [0.29, 0.717) is 38.5 Å². The highest BCUT2D eigenvalue weighted by Gasteiger charge is 2.21. The highest BCUT2D eigenvalue weighted by Crippen LogP contribution is 2.29. The van der Waals surface area contributed by atoms with Gasteiger partial charge in [-0.05, 0) is 11.6 Å². The summed E-state index contributed by atoms with van der Waals surface area (Å²) < 4.78 is 5.23. The molecule has 1 aliphatic heterocycles. The third kappa shape index (κ3) is 2.54. The van der Waals surface area contributed by atoms with E-state index in [0.717, 1.165) is 5.56 Å². The normalized spacial score (nSPS) is 15.9. The molecule has 0 aromatic heterocycles. The third-order valence-corrected chi connectivity index (χ3v) is 2.82. The first kappa shape index (κ1) is 11.8. The molecule has 0 bridgehead atoms. The zero-order valence-corrected chi connectivity index (χ0v) is 9.46. The van der Waals surface area contributed by atoms with Gasteiger partial charge >= 0.3 is 0 Å². The smallest absolute Gasteiger partial charge is 0.292 e. The Morgan fingerprint density at radius 2 is 2.12 bits per heavy atom. The van der Waals surface area contributed by atoms with Crippen molar-refractivity contribution in [2.45, 2.75) is 6.54 Å². The molecule has 6 nitrogen and oxygen atoms in total. The summed E-state index contributed by atoms with van der Waals surface area (Å²) in [6, 6.07) is 5.15. The van der Waals surface area contributed by atoms with Gasteiger partial charge in [0.2, 0.25) is 0 Å². The Labute approximate surface area is 99.1 Å². The molecule has 0 saturated carbocycles. The molecule has 1 aromatic rings. The predicted molar refractivity (Wildman–Crippen MR) is 64.0 cm³/mol. The van der Waals surface area contributed by atoms with Gasteiger partial charge in [0.05, 0.1) is 18.1 Å². The van der Waals surface area contributed by atoms with Crippen LogP contribution in [0.3, 0.4) is 0 Å². The van der Waals surface area contributed by atoms with Crippen LogP contribution < -0.4 is 10.6 Å². The van der Waals surface area contributed by atoms with Crippen molar-refractivity contribution < 1.29 is 9.66 Å². The Morgan fingerprint density at radius 3 is 2.71 bits per heavy atom. The molecular formula is C11H15N3O3. The van der Waals surface area contributed by atoms with Crippen molar-refractivity contribution >= 4 is 11.4 Å². The number of benzene rings is 1. The zero-order valence-electron chi connectivity index (χ0n) is 9.46. The van der Waals surface area contributed by atoms with Crippen LogP contribution >= 0.6 is 0 Å². The van der Waals surface area contributed by atoms with Gasteiger partial charge in [-0.1, -0.05) is 6.07 Å². The molecule has 0 aliphatic carbocycles. The third-order valence-electron chi connectivity index (χ3n) is 2.82. The fraction of sp³-hybridized carbons (Fsp3) is 0.455. The second kappa shape index (κ2) is 5.11. The Kier molecular flexibility index (Phi) is 3.55. The number of morpholine rings is 1. The summed E-state index contributed by atoms with van der Waals surface area (Å²) in [5, 5.41) is 11.0. The summed E-state index contributed by atoms with van der Waals surface area (Å²) in [6.45, 7) is 2.89. The van der Waals surface area contributed by atoms with Crippen LogP contribution in [0.2, 0.25) is 0 Å². The van der Waals surface area contributed by atoms with Gasteiger partial charge in [-0.15, -0.1) is 0 Å². The molecule has 0 spiro atoms. The zero-order chi connectivity index (χ0) is 12.3. The molecule has 2 rings (SSSR count). The van der Waals surface area contributed by atoms with Gasteiger partial charge in [0.15, 0.2) is 0 Å². The molecule has 0 radical (unpaired) electrons. The molecule has 1 aromatic carbocycles. The Morgan fingerprint density at radius 1 is 1.41 bits per heavy atom. The lowest BCUT2D eigenvalue weighted by atomic mass is 10.1. The molecule has 17 heavy (non-hydrogen) atoms. The van der Waals surface area contributed by atoms with E-state index in [1.165, 1.54) is 0 Å². The summed E-state index contributed by atoms with van der Waals surface area (Å²) >= 11 is 0. The molecule has 1 saturated heterocycles. The first-order valence-electron chi connectivity index (χ1n) is 5.52. The average molecular weight is 237 g/mol. The predicted octanol–water partition coefficient (Wildman–Crippen LogP) is 0.890. The number of rotatable bonds is 3. The van der Waals surface area contributed by atoms with Crippen molar-refractivity contribution in [1.82, 2.24) is 0 Å². The van der Waals surface area contributed by atoms with E-state index in [-0.39, 0.29) is 10.6 Å². The van der Waals surface area contributed by atoms with Gasteiger partial charge in [0, 0.05) is 25.7 Å². The van der Waals surface area contributed by atoms with Crippen LogP contribution in [0, 0.1) is 10.1 Å². The van der Waals surface area contributed by atoms with E-state index in [2.05, 4.69) is 0 Å². The second-order valence-corrected chi connectivity index (χ2v) is 3.88. The van der Waals surface area contributed by atoms with Gasteiger partial charge < -0.3 is 15.4 Å². The summed E-state index contributed by atoms with van der Waals surface area (Å²) in [5.41, 5.74) is 7.03. The van der Waals surface area contributed by atoms with E-state index in [1.807, 2.05) is 11.0 Å². The van der Waals surface area contributed by atoms with E-state index in [1.54, 1.807) is 12.1 Å². The number of hydrogen-bond donors (Lipinski definition) is 1. The lowest BCUT2D eigenvalue weighted by molar-refractivity contribution is -0.384. The number of anilines is 1. The maximum Gasteiger partial charge on any atom is 0.292 e. The topological polar surface area (TPSA) is 81.6 Å². The quantitative estimate of drug-likeness (QED) is 0.623. The van der Waals surface area contributed by atoms with Gasteiger partial charge in [0.25, 0.3) is 5.69 Å². The number of nitro benzene ring substituents is 1. The molecule has 2 N–H and O–H groups in total. The van der Waals surface area contributed by atoms with Crippen molar-refractivity contribution in [2.75, 3.05) is 31.2 Å². The van der Waals surface area contributed by atoms with E-state index < -0.39 is 0 Å². The number of hydrogen-bond acceptors (Lipinski definition) is 5. The highest BCUT2D eigenvalue weighted by molar-refractivity contribution is 5.64. The SMILES string of the molecule is NCc1ccc(N2CCOCC2)c([N+](=O)[O-])c1. The van der Waals surface area contributed by atoms with Crippen molar-refractivity contribution in [2.24, 2.45) is 5.73 Å². The van der Waals surface area contributed by atoms with E-state index in [9.17, 15) is 10.1 Å². The molecule has 92 valence electrons. The Balaban J connectivity index is 2.34. The van der Waals surface area contributed by atoms with Crippen LogP contribution in [0.15, 0.2) is 18.2 Å². The largest absolute Gasteiger partial charge is 0.378 e. The molecule has 0 unspecified atom stereocenters. The minimum atomic E-state index is -0.357. The molecule has 1 fully saturated rings. The number of nitro groups is 1. The van der Waals surface area contributed by atoms with Crippen molar-refractivity contribution in [3.8, 4) is 0 Å². The lowest BCUT2D eigenvalue weighted by Crippen LogP contribution is -2.36. The molecule has 6 heteroatoms.